The maximum Gasteiger partial charge on any atom is 0.416 e. The van der Waals surface area contributed by atoms with E-state index in [0.717, 1.165) is 34.5 Å². The number of benzene rings is 2. The number of nitrogens with one attached hydrogen (secondary N) is 1. The number of nitrogens with two attached hydrogens (primary N) is 1. The van der Waals surface area contributed by atoms with Gasteiger partial charge in [-0.3, -0.25) is 4.79 Å². The molecule has 0 unspecified atom stereocenters. The van der Waals surface area contributed by atoms with Crippen LogP contribution >= 0.6 is 0 Å². The van der Waals surface area contributed by atoms with E-state index >= 15 is 0 Å². The van der Waals surface area contributed by atoms with Gasteiger partial charge in [-0.15, -0.1) is 0 Å². The fourth-order valence-corrected chi connectivity index (χ4v) is 4.01. The zero-order valence-electron chi connectivity index (χ0n) is 18.1. The maximum absolute atomic E-state index is 12.9. The molecule has 0 atom stereocenters. The summed E-state index contributed by atoms with van der Waals surface area (Å²) in [6.45, 7) is 3.31. The molecule has 33 heavy (non-hydrogen) atoms. The number of amides is 1. The van der Waals surface area contributed by atoms with Crippen LogP contribution in [0.25, 0.3) is 10.9 Å². The zero-order chi connectivity index (χ0) is 23.4. The highest BCUT2D eigenvalue weighted by Crippen LogP contribution is 2.30. The number of hydrogen-bond donors (Lipinski definition) is 2. The summed E-state index contributed by atoms with van der Waals surface area (Å²) in [7, 11) is 0. The molecule has 0 spiro atoms. The van der Waals surface area contributed by atoms with E-state index in [9.17, 15) is 18.0 Å². The second-order valence-corrected chi connectivity index (χ2v) is 8.00. The number of hydrogen-bond acceptors (Lipinski definition) is 5. The van der Waals surface area contributed by atoms with Crippen molar-refractivity contribution in [2.75, 3.05) is 49.5 Å². The third-order valence-electron chi connectivity index (χ3n) is 5.73. The summed E-state index contributed by atoms with van der Waals surface area (Å²) < 4.78 is 38.8. The molecule has 1 aliphatic rings. The van der Waals surface area contributed by atoms with E-state index < -0.39 is 11.7 Å². The fraction of sp³-hybridized carbons (Fsp3) is 0.333. The van der Waals surface area contributed by atoms with Crippen molar-refractivity contribution in [3.63, 3.8) is 0 Å². The molecule has 3 aromatic rings. The number of para-hydroxylation sites is 1. The van der Waals surface area contributed by atoms with E-state index in [2.05, 4.69) is 10.2 Å². The van der Waals surface area contributed by atoms with Gasteiger partial charge < -0.3 is 20.9 Å². The molecule has 1 fully saturated rings. The summed E-state index contributed by atoms with van der Waals surface area (Å²) in [5.41, 5.74) is 7.11. The van der Waals surface area contributed by atoms with Crippen molar-refractivity contribution >= 4 is 28.3 Å². The van der Waals surface area contributed by atoms with E-state index in [1.54, 1.807) is 11.0 Å². The number of fused-ring (bicyclic) bond motifs is 1. The van der Waals surface area contributed by atoms with Crippen LogP contribution in [0.15, 0.2) is 54.6 Å². The van der Waals surface area contributed by atoms with Crippen LogP contribution in [0.4, 0.5) is 24.7 Å². The summed E-state index contributed by atoms with van der Waals surface area (Å²) in [5, 5.41) is 4.37. The molecule has 6 nitrogen and oxygen atoms in total. The average molecular weight is 458 g/mol. The van der Waals surface area contributed by atoms with E-state index in [4.69, 9.17) is 10.7 Å². The lowest BCUT2D eigenvalue weighted by Crippen LogP contribution is -2.49. The molecule has 1 aliphatic heterocycles. The first kappa shape index (κ1) is 22.8. The third kappa shape index (κ3) is 5.36. The number of piperazine rings is 1. The largest absolute Gasteiger partial charge is 0.416 e. The monoisotopic (exact) mass is 457 g/mol. The molecular formula is C24H26F3N5O. The number of alkyl halides is 3. The van der Waals surface area contributed by atoms with Crippen LogP contribution in [0, 0.1) is 0 Å². The molecule has 4 rings (SSSR count). The van der Waals surface area contributed by atoms with Gasteiger partial charge in [0.05, 0.1) is 17.5 Å². The van der Waals surface area contributed by atoms with Crippen LogP contribution in [0.3, 0.4) is 0 Å². The summed E-state index contributed by atoms with van der Waals surface area (Å²) in [4.78, 5) is 21.3. The number of aromatic nitrogens is 1. The van der Waals surface area contributed by atoms with Gasteiger partial charge in [-0.2, -0.15) is 13.2 Å². The van der Waals surface area contributed by atoms with E-state index in [1.165, 1.54) is 6.07 Å². The summed E-state index contributed by atoms with van der Waals surface area (Å²) >= 11 is 0. The first-order valence-electron chi connectivity index (χ1n) is 10.9. The van der Waals surface area contributed by atoms with Crippen LogP contribution < -0.4 is 16.0 Å². The molecule has 0 radical (unpaired) electrons. The Bertz CT molecular complexity index is 1130. The third-order valence-corrected chi connectivity index (χ3v) is 5.73. The van der Waals surface area contributed by atoms with Crippen molar-refractivity contribution in [3.8, 4) is 0 Å². The van der Waals surface area contributed by atoms with Gasteiger partial charge in [-0.1, -0.05) is 36.4 Å². The molecule has 0 aliphatic carbocycles. The van der Waals surface area contributed by atoms with E-state index in [0.29, 0.717) is 44.8 Å². The molecule has 9 heteroatoms. The quantitative estimate of drug-likeness (QED) is 0.593. The first-order chi connectivity index (χ1) is 15.8. The molecule has 1 aromatic heterocycles. The Labute approximate surface area is 190 Å². The Morgan fingerprint density at radius 2 is 1.79 bits per heavy atom. The number of carbonyl (C=O) groups is 1. The number of pyridine rings is 1. The van der Waals surface area contributed by atoms with Crippen LogP contribution in [0.1, 0.15) is 11.1 Å². The van der Waals surface area contributed by atoms with Gasteiger partial charge in [0, 0.05) is 56.4 Å². The Hall–Kier alpha value is -3.33. The molecule has 1 amide bonds. The minimum absolute atomic E-state index is 0.0503. The standard InChI is InChI=1S/C24H26F3N5O/c25-24(26,27)18-5-3-4-17(14-18)15-23(33)32-12-10-31(11-13-32)22-16-21(29-9-8-28)19-6-1-2-7-20(19)30-22/h1-7,14,16H,8-13,15,28H2,(H,29,30). The Kier molecular flexibility index (Phi) is 6.69. The number of halogens is 3. The summed E-state index contributed by atoms with van der Waals surface area (Å²) in [5.74, 6) is 0.643. The average Bonchev–Trinajstić information content (AvgIpc) is 2.82. The lowest BCUT2D eigenvalue weighted by molar-refractivity contribution is -0.138. The molecular weight excluding hydrogens is 431 g/mol. The lowest BCUT2D eigenvalue weighted by atomic mass is 10.1. The van der Waals surface area contributed by atoms with Crippen molar-refractivity contribution in [1.29, 1.82) is 0 Å². The highest BCUT2D eigenvalue weighted by atomic mass is 19.4. The summed E-state index contributed by atoms with van der Waals surface area (Å²) in [6.07, 6.45) is -4.47. The number of anilines is 2. The van der Waals surface area contributed by atoms with Crippen LogP contribution in [0.2, 0.25) is 0 Å². The topological polar surface area (TPSA) is 74.5 Å². The van der Waals surface area contributed by atoms with E-state index in [-0.39, 0.29) is 12.3 Å². The molecule has 1 saturated heterocycles. The van der Waals surface area contributed by atoms with Crippen molar-refractivity contribution < 1.29 is 18.0 Å². The highest BCUT2D eigenvalue weighted by Gasteiger charge is 2.31. The van der Waals surface area contributed by atoms with Gasteiger partial charge in [0.25, 0.3) is 0 Å². The zero-order valence-corrected chi connectivity index (χ0v) is 18.1. The van der Waals surface area contributed by atoms with Crippen LogP contribution in [0.5, 0.6) is 0 Å². The normalized spacial score (nSPS) is 14.5. The van der Waals surface area contributed by atoms with Crippen LogP contribution in [-0.2, 0) is 17.4 Å². The number of nitrogens with zero attached hydrogens (tertiary/aromatic N) is 3. The smallest absolute Gasteiger partial charge is 0.383 e. The second-order valence-electron chi connectivity index (χ2n) is 8.00. The van der Waals surface area contributed by atoms with Crippen molar-refractivity contribution in [2.24, 2.45) is 5.73 Å². The lowest BCUT2D eigenvalue weighted by Gasteiger charge is -2.36. The van der Waals surface area contributed by atoms with Gasteiger partial charge >= 0.3 is 6.18 Å². The molecule has 2 aromatic carbocycles. The predicted octanol–water partition coefficient (Wildman–Crippen LogP) is 3.52. The second kappa shape index (κ2) is 9.66. The van der Waals surface area contributed by atoms with E-state index in [1.807, 2.05) is 30.3 Å². The predicted molar refractivity (Wildman–Crippen MR) is 123 cm³/mol. The number of rotatable bonds is 6. The first-order valence-corrected chi connectivity index (χ1v) is 10.9. The maximum atomic E-state index is 12.9. The minimum atomic E-state index is -4.42. The van der Waals surface area contributed by atoms with Crippen molar-refractivity contribution in [2.45, 2.75) is 12.6 Å². The van der Waals surface area contributed by atoms with Gasteiger partial charge in [0.2, 0.25) is 5.91 Å². The van der Waals surface area contributed by atoms with Gasteiger partial charge in [-0.25, -0.2) is 4.98 Å². The fourth-order valence-electron chi connectivity index (χ4n) is 4.01. The molecule has 3 N–H and O–H groups in total. The Morgan fingerprint density at radius 1 is 1.03 bits per heavy atom. The van der Waals surface area contributed by atoms with Crippen molar-refractivity contribution in [3.05, 3.63) is 65.7 Å². The van der Waals surface area contributed by atoms with Gasteiger partial charge in [0.1, 0.15) is 5.82 Å². The van der Waals surface area contributed by atoms with Crippen molar-refractivity contribution in [1.82, 2.24) is 9.88 Å². The molecule has 174 valence electrons. The Morgan fingerprint density at radius 3 is 2.52 bits per heavy atom. The molecule has 0 bridgehead atoms. The Balaban J connectivity index is 1.42. The molecule has 2 heterocycles. The van der Waals surface area contributed by atoms with Crippen LogP contribution in [-0.4, -0.2) is 55.1 Å². The number of carbonyl (C=O) groups excluding carboxylic acids is 1. The highest BCUT2D eigenvalue weighted by molar-refractivity contribution is 5.93. The van der Waals surface area contributed by atoms with Gasteiger partial charge in [0.15, 0.2) is 0 Å². The van der Waals surface area contributed by atoms with Gasteiger partial charge in [-0.05, 0) is 17.7 Å². The minimum Gasteiger partial charge on any atom is -0.383 e. The SMILES string of the molecule is NCCNc1cc(N2CCN(C(=O)Cc3cccc(C(F)(F)F)c3)CC2)nc2ccccc12. The molecule has 0 saturated carbocycles. The summed E-state index contributed by atoms with van der Waals surface area (Å²) in [6, 6.07) is 14.8.